The fraction of sp³-hybridized carbons (Fsp3) is 0.941. The minimum absolute atomic E-state index is 0.192. The first-order valence-corrected chi connectivity index (χ1v) is 8.71. The van der Waals surface area contributed by atoms with E-state index in [2.05, 4.69) is 31.1 Å². The van der Waals surface area contributed by atoms with Gasteiger partial charge in [-0.05, 0) is 51.1 Å². The number of nitrogens with one attached hydrogen (secondary N) is 1. The van der Waals surface area contributed by atoms with Gasteiger partial charge in [-0.1, -0.05) is 26.7 Å². The normalized spacial score (nSPS) is 17.6. The molecular weight excluding hydrogens is 262 g/mol. The molecule has 1 atom stereocenters. The van der Waals surface area contributed by atoms with E-state index < -0.39 is 0 Å². The molecule has 0 saturated heterocycles. The smallest absolute Gasteiger partial charge is 0.220 e. The monoisotopic (exact) mass is 297 g/mol. The molecule has 1 saturated carbocycles. The predicted octanol–water partition coefficient (Wildman–Crippen LogP) is 2.38. The summed E-state index contributed by atoms with van der Waals surface area (Å²) in [5, 5.41) is 3.06. The van der Waals surface area contributed by atoms with E-state index in [4.69, 9.17) is 5.73 Å². The summed E-state index contributed by atoms with van der Waals surface area (Å²) in [7, 11) is 2.18. The fourth-order valence-electron chi connectivity index (χ4n) is 3.33. The van der Waals surface area contributed by atoms with Gasteiger partial charge in [0.05, 0.1) is 0 Å². The molecule has 0 bridgehead atoms. The molecule has 21 heavy (non-hydrogen) atoms. The van der Waals surface area contributed by atoms with Crippen LogP contribution in [0.5, 0.6) is 0 Å². The number of hydrogen-bond acceptors (Lipinski definition) is 3. The highest BCUT2D eigenvalue weighted by Gasteiger charge is 2.19. The fourth-order valence-corrected chi connectivity index (χ4v) is 3.33. The van der Waals surface area contributed by atoms with Gasteiger partial charge >= 0.3 is 0 Å². The molecule has 0 heterocycles. The maximum absolute atomic E-state index is 11.9. The Balaban J connectivity index is 2.12. The topological polar surface area (TPSA) is 58.4 Å². The van der Waals surface area contributed by atoms with Crippen LogP contribution in [0.1, 0.15) is 58.8 Å². The Morgan fingerprint density at radius 1 is 1.29 bits per heavy atom. The minimum atomic E-state index is 0.192. The first kappa shape index (κ1) is 18.4. The largest absolute Gasteiger partial charge is 0.355 e. The summed E-state index contributed by atoms with van der Waals surface area (Å²) in [6.45, 7) is 6.89. The van der Waals surface area contributed by atoms with Crippen LogP contribution in [0.15, 0.2) is 0 Å². The molecule has 0 spiro atoms. The quantitative estimate of drug-likeness (QED) is 0.651. The van der Waals surface area contributed by atoms with Crippen molar-refractivity contribution in [2.45, 2.75) is 64.8 Å². The van der Waals surface area contributed by atoms with Gasteiger partial charge in [0.25, 0.3) is 0 Å². The molecule has 124 valence electrons. The average molecular weight is 297 g/mol. The van der Waals surface area contributed by atoms with Crippen molar-refractivity contribution in [3.63, 3.8) is 0 Å². The van der Waals surface area contributed by atoms with E-state index in [1.54, 1.807) is 0 Å². The van der Waals surface area contributed by atoms with Gasteiger partial charge in [0.15, 0.2) is 0 Å². The molecule has 4 nitrogen and oxygen atoms in total. The van der Waals surface area contributed by atoms with Crippen LogP contribution in [-0.4, -0.2) is 43.5 Å². The zero-order chi connectivity index (χ0) is 15.7. The molecule has 1 fully saturated rings. The van der Waals surface area contributed by atoms with Crippen molar-refractivity contribution in [3.05, 3.63) is 0 Å². The van der Waals surface area contributed by atoms with Crippen molar-refractivity contribution >= 4 is 5.91 Å². The van der Waals surface area contributed by atoms with E-state index >= 15 is 0 Å². The lowest BCUT2D eigenvalue weighted by Crippen LogP contribution is -2.37. The second-order valence-corrected chi connectivity index (χ2v) is 6.89. The molecule has 0 aromatic carbocycles. The Morgan fingerprint density at radius 3 is 2.52 bits per heavy atom. The first-order chi connectivity index (χ1) is 10.0. The molecule has 1 unspecified atom stereocenters. The summed E-state index contributed by atoms with van der Waals surface area (Å²) in [5.41, 5.74) is 5.64. The molecule has 1 amide bonds. The highest BCUT2D eigenvalue weighted by Crippen LogP contribution is 2.22. The van der Waals surface area contributed by atoms with E-state index in [1.807, 2.05) is 0 Å². The van der Waals surface area contributed by atoms with E-state index in [9.17, 15) is 4.79 Å². The number of carbonyl (C=O) groups is 1. The summed E-state index contributed by atoms with van der Waals surface area (Å²) in [4.78, 5) is 14.3. The van der Waals surface area contributed by atoms with Crippen LogP contribution in [0.2, 0.25) is 0 Å². The maximum Gasteiger partial charge on any atom is 0.220 e. The van der Waals surface area contributed by atoms with Gasteiger partial charge in [-0.2, -0.15) is 0 Å². The van der Waals surface area contributed by atoms with Crippen molar-refractivity contribution in [3.8, 4) is 0 Å². The zero-order valence-electron chi connectivity index (χ0n) is 14.2. The zero-order valence-corrected chi connectivity index (χ0v) is 14.2. The highest BCUT2D eigenvalue weighted by atomic mass is 16.1. The maximum atomic E-state index is 11.9. The number of amides is 1. The van der Waals surface area contributed by atoms with E-state index in [-0.39, 0.29) is 5.91 Å². The number of hydrogen-bond donors (Lipinski definition) is 2. The summed E-state index contributed by atoms with van der Waals surface area (Å²) < 4.78 is 0. The van der Waals surface area contributed by atoms with Gasteiger partial charge in [-0.15, -0.1) is 0 Å². The SMILES string of the molecule is CC(C)C(CCN)CCC(=O)NCCN(C)C1CCCC1. The van der Waals surface area contributed by atoms with Crippen LogP contribution in [-0.2, 0) is 4.79 Å². The van der Waals surface area contributed by atoms with Crippen LogP contribution in [0.25, 0.3) is 0 Å². The van der Waals surface area contributed by atoms with E-state index in [1.165, 1.54) is 25.7 Å². The molecule has 1 rings (SSSR count). The van der Waals surface area contributed by atoms with Crippen LogP contribution in [0.3, 0.4) is 0 Å². The van der Waals surface area contributed by atoms with E-state index in [0.717, 1.165) is 38.5 Å². The second kappa shape index (κ2) is 10.2. The predicted molar refractivity (Wildman–Crippen MR) is 89.1 cm³/mol. The van der Waals surface area contributed by atoms with Crippen molar-refractivity contribution in [1.29, 1.82) is 0 Å². The van der Waals surface area contributed by atoms with Crippen LogP contribution in [0.4, 0.5) is 0 Å². The van der Waals surface area contributed by atoms with Crippen LogP contribution < -0.4 is 11.1 Å². The minimum Gasteiger partial charge on any atom is -0.355 e. The van der Waals surface area contributed by atoms with Crippen LogP contribution >= 0.6 is 0 Å². The average Bonchev–Trinajstić information content (AvgIpc) is 2.97. The molecule has 4 heteroatoms. The highest BCUT2D eigenvalue weighted by molar-refractivity contribution is 5.75. The molecule has 0 aliphatic heterocycles. The third-order valence-corrected chi connectivity index (χ3v) is 4.96. The summed E-state index contributed by atoms with van der Waals surface area (Å²) >= 11 is 0. The molecule has 1 aliphatic rings. The third-order valence-electron chi connectivity index (χ3n) is 4.96. The lowest BCUT2D eigenvalue weighted by atomic mass is 9.88. The van der Waals surface area contributed by atoms with Gasteiger partial charge in [-0.3, -0.25) is 4.79 Å². The van der Waals surface area contributed by atoms with Crippen molar-refractivity contribution < 1.29 is 4.79 Å². The van der Waals surface area contributed by atoms with Gasteiger partial charge in [0.1, 0.15) is 0 Å². The molecular formula is C17H35N3O. The lowest BCUT2D eigenvalue weighted by Gasteiger charge is -2.24. The number of likely N-dealkylation sites (N-methyl/N-ethyl adjacent to an activating group) is 1. The van der Waals surface area contributed by atoms with Crippen molar-refractivity contribution in [2.24, 2.45) is 17.6 Å². The first-order valence-electron chi connectivity index (χ1n) is 8.71. The Morgan fingerprint density at radius 2 is 1.95 bits per heavy atom. The van der Waals surface area contributed by atoms with Gasteiger partial charge in [0, 0.05) is 25.6 Å². The number of nitrogens with two attached hydrogens (primary N) is 1. The van der Waals surface area contributed by atoms with E-state index in [0.29, 0.717) is 18.3 Å². The van der Waals surface area contributed by atoms with Gasteiger partial charge in [0.2, 0.25) is 5.91 Å². The van der Waals surface area contributed by atoms with Gasteiger partial charge in [-0.25, -0.2) is 0 Å². The Kier molecular flexibility index (Phi) is 8.93. The summed E-state index contributed by atoms with van der Waals surface area (Å²) in [6.07, 6.45) is 7.97. The Labute approximate surface area is 130 Å². The summed E-state index contributed by atoms with van der Waals surface area (Å²) in [6, 6.07) is 0.733. The Bertz CT molecular complexity index is 288. The number of nitrogens with zero attached hydrogens (tertiary/aromatic N) is 1. The molecule has 3 N–H and O–H groups in total. The van der Waals surface area contributed by atoms with Crippen LogP contribution in [0, 0.1) is 11.8 Å². The third kappa shape index (κ3) is 7.28. The standard InChI is InChI=1S/C17H35N3O/c1-14(2)15(10-11-18)8-9-17(21)19-12-13-20(3)16-6-4-5-7-16/h14-16H,4-13,18H2,1-3H3,(H,19,21). The molecule has 0 aromatic heterocycles. The lowest BCUT2D eigenvalue weighted by molar-refractivity contribution is -0.121. The van der Waals surface area contributed by atoms with Crippen molar-refractivity contribution in [2.75, 3.05) is 26.7 Å². The van der Waals surface area contributed by atoms with Gasteiger partial charge < -0.3 is 16.0 Å². The number of rotatable bonds is 10. The Hall–Kier alpha value is -0.610. The number of carbonyl (C=O) groups excluding carboxylic acids is 1. The molecule has 0 aromatic rings. The van der Waals surface area contributed by atoms with Crippen molar-refractivity contribution in [1.82, 2.24) is 10.2 Å². The molecule has 0 radical (unpaired) electrons. The summed E-state index contributed by atoms with van der Waals surface area (Å²) in [5.74, 6) is 1.37. The second-order valence-electron chi connectivity index (χ2n) is 6.89. The molecule has 1 aliphatic carbocycles.